The summed E-state index contributed by atoms with van der Waals surface area (Å²) < 4.78 is 31.9. The zero-order chi connectivity index (χ0) is 19.4. The number of hydrogen-bond donors (Lipinski definition) is 1. The highest BCUT2D eigenvalue weighted by molar-refractivity contribution is 6.30. The van der Waals surface area contributed by atoms with Crippen LogP contribution in [0.25, 0.3) is 11.4 Å². The van der Waals surface area contributed by atoms with Crippen LogP contribution < -0.4 is 5.32 Å². The smallest absolute Gasteiger partial charge is 0.227 e. The molecule has 1 atom stereocenters. The molecular formula is C19H16ClF2N3O2. The maximum atomic E-state index is 13.8. The Bertz CT molecular complexity index is 944. The van der Waals surface area contributed by atoms with Crippen molar-refractivity contribution in [2.45, 2.75) is 25.8 Å². The third-order valence-electron chi connectivity index (χ3n) is 3.94. The van der Waals surface area contributed by atoms with Crippen LogP contribution in [0.5, 0.6) is 0 Å². The third-order valence-corrected chi connectivity index (χ3v) is 4.19. The van der Waals surface area contributed by atoms with Gasteiger partial charge in [-0.15, -0.1) is 0 Å². The Morgan fingerprint density at radius 1 is 1.22 bits per heavy atom. The molecule has 0 unspecified atom stereocenters. The average Bonchev–Trinajstić information content (AvgIpc) is 3.09. The van der Waals surface area contributed by atoms with Gasteiger partial charge in [-0.3, -0.25) is 4.79 Å². The summed E-state index contributed by atoms with van der Waals surface area (Å²) in [7, 11) is 0. The molecule has 140 valence electrons. The number of halogens is 3. The summed E-state index contributed by atoms with van der Waals surface area (Å²) in [4.78, 5) is 16.3. The number of nitrogens with zero attached hydrogens (tertiary/aromatic N) is 2. The highest BCUT2D eigenvalue weighted by Gasteiger charge is 2.16. The molecule has 0 aliphatic carbocycles. The van der Waals surface area contributed by atoms with Crippen LogP contribution in [0.3, 0.4) is 0 Å². The Balaban J connectivity index is 1.55. The number of aromatic nitrogens is 2. The molecule has 1 aromatic heterocycles. The Kier molecular flexibility index (Phi) is 5.81. The molecule has 5 nitrogen and oxygen atoms in total. The second-order valence-corrected chi connectivity index (χ2v) is 6.41. The lowest BCUT2D eigenvalue weighted by Gasteiger charge is -2.14. The molecule has 0 fully saturated rings. The summed E-state index contributed by atoms with van der Waals surface area (Å²) in [5.74, 6) is -0.952. The summed E-state index contributed by atoms with van der Waals surface area (Å²) in [5.41, 5.74) is 0.965. The van der Waals surface area contributed by atoms with Gasteiger partial charge < -0.3 is 9.84 Å². The van der Waals surface area contributed by atoms with Gasteiger partial charge in [-0.25, -0.2) is 8.78 Å². The summed E-state index contributed by atoms with van der Waals surface area (Å²) in [6.45, 7) is 1.62. The van der Waals surface area contributed by atoms with E-state index in [2.05, 4.69) is 15.5 Å². The van der Waals surface area contributed by atoms with Crippen LogP contribution in [0.1, 0.15) is 30.8 Å². The SMILES string of the molecule is C[C@@H](NC(=O)CCc1nc(-c2ccc(Cl)cc2)no1)c1ccc(F)cc1F. The molecule has 3 rings (SSSR count). The van der Waals surface area contributed by atoms with Crippen molar-refractivity contribution in [3.63, 3.8) is 0 Å². The van der Waals surface area contributed by atoms with E-state index < -0.39 is 17.7 Å². The van der Waals surface area contributed by atoms with E-state index in [-0.39, 0.29) is 24.3 Å². The maximum Gasteiger partial charge on any atom is 0.227 e. The fourth-order valence-electron chi connectivity index (χ4n) is 2.54. The first kappa shape index (κ1) is 19.0. The molecule has 0 spiro atoms. The van der Waals surface area contributed by atoms with Crippen LogP contribution in [0.15, 0.2) is 47.0 Å². The monoisotopic (exact) mass is 391 g/mol. The van der Waals surface area contributed by atoms with E-state index in [1.165, 1.54) is 6.07 Å². The normalized spacial score (nSPS) is 12.0. The van der Waals surface area contributed by atoms with Gasteiger partial charge in [0.15, 0.2) is 0 Å². The van der Waals surface area contributed by atoms with Crippen LogP contribution in [0.2, 0.25) is 5.02 Å². The molecule has 3 aromatic rings. The summed E-state index contributed by atoms with van der Waals surface area (Å²) in [5, 5.41) is 7.14. The van der Waals surface area contributed by atoms with Crippen molar-refractivity contribution in [3.05, 3.63) is 70.6 Å². The molecule has 0 saturated heterocycles. The van der Waals surface area contributed by atoms with E-state index in [1.54, 1.807) is 31.2 Å². The van der Waals surface area contributed by atoms with Crippen LogP contribution in [-0.4, -0.2) is 16.0 Å². The molecule has 0 radical (unpaired) electrons. The minimum atomic E-state index is -0.702. The first-order chi connectivity index (χ1) is 12.9. The summed E-state index contributed by atoms with van der Waals surface area (Å²) in [6.07, 6.45) is 0.334. The molecule has 0 bridgehead atoms. The lowest BCUT2D eigenvalue weighted by atomic mass is 10.1. The Hall–Kier alpha value is -2.80. The number of benzene rings is 2. The second kappa shape index (κ2) is 8.26. The number of carbonyl (C=O) groups excluding carboxylic acids is 1. The number of nitrogens with one attached hydrogen (secondary N) is 1. The van der Waals surface area contributed by atoms with Gasteiger partial charge in [0.1, 0.15) is 11.6 Å². The third kappa shape index (κ3) is 4.89. The molecule has 0 aliphatic rings. The van der Waals surface area contributed by atoms with Crippen molar-refractivity contribution in [1.29, 1.82) is 0 Å². The van der Waals surface area contributed by atoms with Crippen LogP contribution in [0, 0.1) is 11.6 Å². The molecule has 1 amide bonds. The van der Waals surface area contributed by atoms with Crippen LogP contribution >= 0.6 is 11.6 Å². The van der Waals surface area contributed by atoms with Gasteiger partial charge in [0.2, 0.25) is 17.6 Å². The number of aryl methyl sites for hydroxylation is 1. The fourth-order valence-corrected chi connectivity index (χ4v) is 2.66. The van der Waals surface area contributed by atoms with E-state index in [0.717, 1.165) is 17.7 Å². The van der Waals surface area contributed by atoms with Gasteiger partial charge in [0.05, 0.1) is 6.04 Å². The number of amides is 1. The first-order valence-corrected chi connectivity index (χ1v) is 8.63. The average molecular weight is 392 g/mol. The molecule has 1 heterocycles. The predicted molar refractivity (Wildman–Crippen MR) is 96.0 cm³/mol. The summed E-state index contributed by atoms with van der Waals surface area (Å²) >= 11 is 5.84. The second-order valence-electron chi connectivity index (χ2n) is 5.97. The Morgan fingerprint density at radius 3 is 2.67 bits per heavy atom. The molecule has 27 heavy (non-hydrogen) atoms. The number of hydrogen-bond acceptors (Lipinski definition) is 4. The molecule has 1 N–H and O–H groups in total. The van der Waals surface area contributed by atoms with E-state index in [9.17, 15) is 13.6 Å². The van der Waals surface area contributed by atoms with Crippen molar-refractivity contribution >= 4 is 17.5 Å². The molecular weight excluding hydrogens is 376 g/mol. The minimum absolute atomic E-state index is 0.0927. The Morgan fingerprint density at radius 2 is 1.96 bits per heavy atom. The standard InChI is InChI=1S/C19H16ClF2N3O2/c1-11(15-7-6-14(21)10-16(15)22)23-17(26)8-9-18-24-19(25-27-18)12-2-4-13(20)5-3-12/h2-7,10-11H,8-9H2,1H3,(H,23,26)/t11-/m1/s1. The molecule has 0 aliphatic heterocycles. The van der Waals surface area contributed by atoms with E-state index >= 15 is 0 Å². The van der Waals surface area contributed by atoms with Crippen LogP contribution in [-0.2, 0) is 11.2 Å². The molecule has 8 heteroatoms. The van der Waals surface area contributed by atoms with E-state index in [1.807, 2.05) is 0 Å². The van der Waals surface area contributed by atoms with Crippen molar-refractivity contribution in [1.82, 2.24) is 15.5 Å². The van der Waals surface area contributed by atoms with Gasteiger partial charge in [-0.1, -0.05) is 22.8 Å². The quantitative estimate of drug-likeness (QED) is 0.672. The van der Waals surface area contributed by atoms with E-state index in [0.29, 0.717) is 16.7 Å². The zero-order valence-electron chi connectivity index (χ0n) is 14.4. The zero-order valence-corrected chi connectivity index (χ0v) is 15.1. The lowest BCUT2D eigenvalue weighted by Crippen LogP contribution is -2.27. The molecule has 0 saturated carbocycles. The summed E-state index contributed by atoms with van der Waals surface area (Å²) in [6, 6.07) is 9.63. The minimum Gasteiger partial charge on any atom is -0.349 e. The maximum absolute atomic E-state index is 13.8. The number of rotatable bonds is 6. The van der Waals surface area contributed by atoms with Crippen molar-refractivity contribution in [2.75, 3.05) is 0 Å². The van der Waals surface area contributed by atoms with Crippen LogP contribution in [0.4, 0.5) is 8.78 Å². The highest BCUT2D eigenvalue weighted by atomic mass is 35.5. The van der Waals surface area contributed by atoms with Crippen molar-refractivity contribution in [2.24, 2.45) is 0 Å². The van der Waals surface area contributed by atoms with Gasteiger partial charge >= 0.3 is 0 Å². The predicted octanol–water partition coefficient (Wildman–Crippen LogP) is 4.48. The van der Waals surface area contributed by atoms with Gasteiger partial charge in [0.25, 0.3) is 0 Å². The Labute approximate surface area is 159 Å². The highest BCUT2D eigenvalue weighted by Crippen LogP contribution is 2.20. The fraction of sp³-hybridized carbons (Fsp3) is 0.211. The first-order valence-electron chi connectivity index (χ1n) is 8.25. The van der Waals surface area contributed by atoms with Crippen molar-refractivity contribution < 1.29 is 18.1 Å². The van der Waals surface area contributed by atoms with Gasteiger partial charge in [-0.05, 0) is 37.3 Å². The van der Waals surface area contributed by atoms with Gasteiger partial charge in [0, 0.05) is 35.1 Å². The lowest BCUT2D eigenvalue weighted by molar-refractivity contribution is -0.121. The number of carbonyl (C=O) groups is 1. The molecule has 2 aromatic carbocycles. The largest absolute Gasteiger partial charge is 0.349 e. The van der Waals surface area contributed by atoms with E-state index in [4.69, 9.17) is 16.1 Å². The topological polar surface area (TPSA) is 68.0 Å². The van der Waals surface area contributed by atoms with Gasteiger partial charge in [-0.2, -0.15) is 4.98 Å². The van der Waals surface area contributed by atoms with Crippen molar-refractivity contribution in [3.8, 4) is 11.4 Å².